The monoisotopic (exact) mass is 363 g/mol. The zero-order chi connectivity index (χ0) is 15.9. The molecule has 120 valence electrons. The standard InChI is InChI=1S/C9H17N3O7P2.Na/c13-20(14,15)9(21(16,17)18)12-3-1-2-6-19-8-7-10-4-5-11-8;/h4-5,7,9,12H,1-3,6H2,(H2,13,14,15)(H2,16,17,18);/q;+1/p-1. The first-order valence-electron chi connectivity index (χ1n) is 5.92. The molecule has 0 amide bonds. The Kier molecular flexibility index (Phi) is 10.2. The van der Waals surface area contributed by atoms with Gasteiger partial charge in [-0.3, -0.25) is 14.9 Å². The third kappa shape index (κ3) is 8.69. The van der Waals surface area contributed by atoms with Gasteiger partial charge in [-0.1, -0.05) is 0 Å². The number of hydrogen-bond donors (Lipinski definition) is 4. The molecule has 1 rings (SSSR count). The van der Waals surface area contributed by atoms with Crippen molar-refractivity contribution >= 4 is 15.2 Å². The van der Waals surface area contributed by atoms with Gasteiger partial charge in [-0.15, -0.1) is 0 Å². The van der Waals surface area contributed by atoms with Gasteiger partial charge in [0, 0.05) is 12.4 Å². The second-order valence-electron chi connectivity index (χ2n) is 4.08. The second-order valence-corrected chi connectivity index (χ2v) is 7.83. The molecule has 0 aliphatic heterocycles. The first-order chi connectivity index (χ1) is 9.71. The third-order valence-corrected chi connectivity index (χ3v) is 5.71. The van der Waals surface area contributed by atoms with E-state index in [1.165, 1.54) is 18.6 Å². The smallest absolute Gasteiger partial charge is 0.777 e. The van der Waals surface area contributed by atoms with Crippen molar-refractivity contribution in [3.8, 4) is 5.88 Å². The maximum absolute atomic E-state index is 10.9. The topological polar surface area (TPSA) is 165 Å². The minimum absolute atomic E-state index is 0. The van der Waals surface area contributed by atoms with Gasteiger partial charge in [0.25, 0.3) is 0 Å². The van der Waals surface area contributed by atoms with Crippen LogP contribution in [0.5, 0.6) is 5.88 Å². The van der Waals surface area contributed by atoms with E-state index in [0.29, 0.717) is 18.7 Å². The summed E-state index contributed by atoms with van der Waals surface area (Å²) in [5, 5.41) is 2.13. The summed E-state index contributed by atoms with van der Waals surface area (Å²) in [5.41, 5.74) is -2.29. The first kappa shape index (κ1) is 22.1. The predicted molar refractivity (Wildman–Crippen MR) is 70.4 cm³/mol. The van der Waals surface area contributed by atoms with E-state index in [1.54, 1.807) is 0 Å². The molecule has 0 radical (unpaired) electrons. The van der Waals surface area contributed by atoms with Crippen LogP contribution in [0.25, 0.3) is 0 Å². The van der Waals surface area contributed by atoms with Gasteiger partial charge in [0.15, 0.2) is 13.1 Å². The quantitative estimate of drug-likeness (QED) is 0.194. The molecule has 0 spiro atoms. The van der Waals surface area contributed by atoms with Crippen LogP contribution in [-0.2, 0) is 9.13 Å². The van der Waals surface area contributed by atoms with Crippen LogP contribution in [0.15, 0.2) is 18.6 Å². The molecule has 2 atom stereocenters. The van der Waals surface area contributed by atoms with Gasteiger partial charge in [0.05, 0.1) is 12.8 Å². The maximum Gasteiger partial charge on any atom is 1.00 e. The number of rotatable bonds is 9. The van der Waals surface area contributed by atoms with Crippen molar-refractivity contribution in [3.05, 3.63) is 18.6 Å². The minimum Gasteiger partial charge on any atom is -0.777 e. The van der Waals surface area contributed by atoms with Gasteiger partial charge < -0.3 is 28.9 Å². The molecular weight excluding hydrogens is 347 g/mol. The fraction of sp³-hybridized carbons (Fsp3) is 0.556. The normalized spacial score (nSPS) is 15.5. The number of hydrogen-bond acceptors (Lipinski definition) is 7. The van der Waals surface area contributed by atoms with Crippen molar-refractivity contribution in [1.29, 1.82) is 0 Å². The summed E-state index contributed by atoms with van der Waals surface area (Å²) >= 11 is 0. The summed E-state index contributed by atoms with van der Waals surface area (Å²) in [7, 11) is -10.2. The molecule has 0 aromatic carbocycles. The van der Waals surface area contributed by atoms with E-state index in [2.05, 4.69) is 15.3 Å². The Bertz CT molecular complexity index is 501. The summed E-state index contributed by atoms with van der Waals surface area (Å²) in [6.45, 7) is 0.279. The number of nitrogens with one attached hydrogen (secondary N) is 1. The molecule has 0 fully saturated rings. The summed E-state index contributed by atoms with van der Waals surface area (Å²) < 4.78 is 27.0. The van der Waals surface area contributed by atoms with E-state index in [0.717, 1.165) is 0 Å². The van der Waals surface area contributed by atoms with E-state index in [-0.39, 0.29) is 42.7 Å². The zero-order valence-corrected chi connectivity index (χ0v) is 15.7. The predicted octanol–water partition coefficient (Wildman–Crippen LogP) is -3.76. The van der Waals surface area contributed by atoms with Gasteiger partial charge >= 0.3 is 37.2 Å². The van der Waals surface area contributed by atoms with E-state index < -0.39 is 20.7 Å². The molecule has 1 aromatic heterocycles. The van der Waals surface area contributed by atoms with Crippen LogP contribution in [-0.4, -0.2) is 43.3 Å². The molecule has 22 heavy (non-hydrogen) atoms. The van der Waals surface area contributed by atoms with Crippen molar-refractivity contribution in [2.45, 2.75) is 18.4 Å². The Labute approximate surface area is 149 Å². The molecule has 0 saturated heterocycles. The van der Waals surface area contributed by atoms with E-state index in [4.69, 9.17) is 19.4 Å². The minimum atomic E-state index is -5.17. The number of ether oxygens (including phenoxy) is 1. The summed E-state index contributed by atoms with van der Waals surface area (Å²) in [4.78, 5) is 45.0. The van der Waals surface area contributed by atoms with Crippen LogP contribution < -0.4 is 44.5 Å². The molecule has 0 aliphatic carbocycles. The Morgan fingerprint density at radius 1 is 1.27 bits per heavy atom. The third-order valence-electron chi connectivity index (χ3n) is 2.32. The average Bonchev–Trinajstić information content (AvgIpc) is 2.35. The van der Waals surface area contributed by atoms with Crippen LogP contribution >= 0.6 is 15.2 Å². The molecule has 13 heteroatoms. The van der Waals surface area contributed by atoms with E-state index in [1.807, 2.05) is 0 Å². The SMILES string of the molecule is O=P([O-])(O)C(NCCCCOc1cnccn1)P(=O)(O)O.[Na+]. The summed E-state index contributed by atoms with van der Waals surface area (Å²) in [5.74, 6) is 0.345. The summed E-state index contributed by atoms with van der Waals surface area (Å²) in [6.07, 6.45) is 5.27. The molecule has 0 bridgehead atoms. The van der Waals surface area contributed by atoms with Crippen molar-refractivity contribution in [3.63, 3.8) is 0 Å². The Balaban J connectivity index is 0.00000441. The summed E-state index contributed by atoms with van der Waals surface area (Å²) in [6, 6.07) is 0. The molecule has 10 nitrogen and oxygen atoms in total. The van der Waals surface area contributed by atoms with Gasteiger partial charge in [-0.25, -0.2) is 4.98 Å². The van der Waals surface area contributed by atoms with Crippen molar-refractivity contribution in [2.24, 2.45) is 0 Å². The number of aromatic nitrogens is 2. The Morgan fingerprint density at radius 2 is 1.95 bits per heavy atom. The molecule has 1 heterocycles. The molecule has 4 N–H and O–H groups in total. The van der Waals surface area contributed by atoms with Gasteiger partial charge in [0.1, 0.15) is 0 Å². The van der Waals surface area contributed by atoms with Crippen molar-refractivity contribution < 1.29 is 63.0 Å². The number of nitrogens with zero attached hydrogens (tertiary/aromatic N) is 2. The molecule has 2 unspecified atom stereocenters. The van der Waals surface area contributed by atoms with Crippen molar-refractivity contribution in [2.75, 3.05) is 13.2 Å². The molecule has 0 aliphatic rings. The van der Waals surface area contributed by atoms with Crippen molar-refractivity contribution in [1.82, 2.24) is 15.3 Å². The fourth-order valence-corrected chi connectivity index (χ4v) is 3.67. The molecular formula is C9H16N3NaO7P2. The fourth-order valence-electron chi connectivity index (χ4n) is 1.42. The average molecular weight is 363 g/mol. The van der Waals surface area contributed by atoms with E-state index in [9.17, 15) is 14.0 Å². The van der Waals surface area contributed by atoms with Crippen LogP contribution in [0, 0.1) is 0 Å². The van der Waals surface area contributed by atoms with Crippen LogP contribution in [0.2, 0.25) is 0 Å². The maximum atomic E-state index is 10.9. The second kappa shape index (κ2) is 10.1. The zero-order valence-electron chi connectivity index (χ0n) is 11.9. The largest absolute Gasteiger partial charge is 1.00 e. The van der Waals surface area contributed by atoms with Crippen LogP contribution in [0.3, 0.4) is 0 Å². The van der Waals surface area contributed by atoms with E-state index >= 15 is 0 Å². The Morgan fingerprint density at radius 3 is 2.45 bits per heavy atom. The van der Waals surface area contributed by atoms with Gasteiger partial charge in [-0.2, -0.15) is 0 Å². The molecule has 0 saturated carbocycles. The van der Waals surface area contributed by atoms with Crippen LogP contribution in [0.1, 0.15) is 12.8 Å². The first-order valence-corrected chi connectivity index (χ1v) is 9.25. The molecule has 1 aromatic rings. The number of unbranched alkanes of at least 4 members (excludes halogenated alkanes) is 1. The Hall–Kier alpha value is 0.140. The van der Waals surface area contributed by atoms with Gasteiger partial charge in [-0.05, 0) is 19.4 Å². The van der Waals surface area contributed by atoms with Gasteiger partial charge in [0.2, 0.25) is 5.88 Å². The van der Waals surface area contributed by atoms with Crippen LogP contribution in [0.4, 0.5) is 0 Å².